The van der Waals surface area contributed by atoms with Crippen molar-refractivity contribution in [1.82, 2.24) is 0 Å². The molecule has 0 unspecified atom stereocenters. The first-order chi connectivity index (χ1) is 12.4. The number of benzene rings is 2. The fourth-order valence-electron chi connectivity index (χ4n) is 2.72. The number of phenolic OH excluding ortho intramolecular Hbond substituents is 1. The quantitative estimate of drug-likeness (QED) is 0.819. The number of carboxylic acids is 1. The SMILES string of the molecule is COc1cc(C=C2Oc3ccccc3N(CC(=O)O)C2=O)cc(C)c1O. The Bertz CT molecular complexity index is 918. The molecule has 1 aliphatic rings. The number of nitrogens with zero attached hydrogens (tertiary/aromatic N) is 1. The van der Waals surface area contributed by atoms with Gasteiger partial charge in [-0.05, 0) is 48.4 Å². The maximum Gasteiger partial charge on any atom is 0.323 e. The van der Waals surface area contributed by atoms with E-state index in [-0.39, 0.29) is 17.3 Å². The Hall–Kier alpha value is -3.48. The summed E-state index contributed by atoms with van der Waals surface area (Å²) in [6.07, 6.45) is 1.49. The van der Waals surface area contributed by atoms with Crippen LogP contribution in [-0.4, -0.2) is 35.7 Å². The fourth-order valence-corrected chi connectivity index (χ4v) is 2.72. The van der Waals surface area contributed by atoms with Gasteiger partial charge in [-0.25, -0.2) is 0 Å². The number of rotatable bonds is 4. The Balaban J connectivity index is 2.06. The number of aryl methyl sites for hydroxylation is 1. The number of fused-ring (bicyclic) bond motifs is 1. The topological polar surface area (TPSA) is 96.3 Å². The average molecular weight is 355 g/mol. The minimum Gasteiger partial charge on any atom is -0.504 e. The Morgan fingerprint density at radius 3 is 2.73 bits per heavy atom. The lowest BCUT2D eigenvalue weighted by Gasteiger charge is -2.29. The molecule has 0 saturated carbocycles. The van der Waals surface area contributed by atoms with E-state index in [1.54, 1.807) is 43.3 Å². The zero-order valence-electron chi connectivity index (χ0n) is 14.2. The van der Waals surface area contributed by atoms with Crippen molar-refractivity contribution >= 4 is 23.6 Å². The molecule has 7 heteroatoms. The molecule has 2 N–H and O–H groups in total. The normalized spacial score (nSPS) is 14.8. The zero-order valence-corrected chi connectivity index (χ0v) is 14.2. The highest BCUT2D eigenvalue weighted by Crippen LogP contribution is 2.36. The highest BCUT2D eigenvalue weighted by molar-refractivity contribution is 6.11. The highest BCUT2D eigenvalue weighted by Gasteiger charge is 2.31. The summed E-state index contributed by atoms with van der Waals surface area (Å²) in [7, 11) is 1.43. The molecular formula is C19H17NO6. The third kappa shape index (κ3) is 3.19. The predicted molar refractivity (Wildman–Crippen MR) is 94.4 cm³/mol. The fraction of sp³-hybridized carbons (Fsp3) is 0.158. The molecule has 26 heavy (non-hydrogen) atoms. The number of phenols is 1. The van der Waals surface area contributed by atoms with Crippen molar-refractivity contribution in [3.63, 3.8) is 0 Å². The summed E-state index contributed by atoms with van der Waals surface area (Å²) in [5.74, 6) is -1.03. The summed E-state index contributed by atoms with van der Waals surface area (Å²) in [6.45, 7) is 1.23. The van der Waals surface area contributed by atoms with Gasteiger partial charge in [-0.3, -0.25) is 14.5 Å². The van der Waals surface area contributed by atoms with Crippen LogP contribution in [0.2, 0.25) is 0 Å². The number of hydrogen-bond donors (Lipinski definition) is 2. The molecule has 0 saturated heterocycles. The van der Waals surface area contributed by atoms with E-state index in [4.69, 9.17) is 14.6 Å². The van der Waals surface area contributed by atoms with Crippen LogP contribution in [0, 0.1) is 6.92 Å². The van der Waals surface area contributed by atoms with Gasteiger partial charge in [-0.15, -0.1) is 0 Å². The third-order valence-electron chi connectivity index (χ3n) is 3.93. The molecule has 2 aromatic carbocycles. The van der Waals surface area contributed by atoms with Gasteiger partial charge in [0.25, 0.3) is 5.91 Å². The van der Waals surface area contributed by atoms with Gasteiger partial charge in [0.2, 0.25) is 0 Å². The van der Waals surface area contributed by atoms with E-state index in [0.717, 1.165) is 4.90 Å². The van der Waals surface area contributed by atoms with Crippen LogP contribution >= 0.6 is 0 Å². The van der Waals surface area contributed by atoms with Gasteiger partial charge in [0.05, 0.1) is 12.8 Å². The lowest BCUT2D eigenvalue weighted by atomic mass is 10.1. The summed E-state index contributed by atoms with van der Waals surface area (Å²) in [5, 5.41) is 19.1. The van der Waals surface area contributed by atoms with Crippen LogP contribution in [0.1, 0.15) is 11.1 Å². The molecule has 0 atom stereocenters. The van der Waals surface area contributed by atoms with E-state index in [0.29, 0.717) is 22.6 Å². The third-order valence-corrected chi connectivity index (χ3v) is 3.93. The number of anilines is 1. The monoisotopic (exact) mass is 355 g/mol. The highest BCUT2D eigenvalue weighted by atomic mass is 16.5. The van der Waals surface area contributed by atoms with Crippen molar-refractivity contribution in [2.45, 2.75) is 6.92 Å². The Labute approximate surface area is 149 Å². The number of para-hydroxylation sites is 2. The van der Waals surface area contributed by atoms with Crippen LogP contribution in [0.25, 0.3) is 6.08 Å². The molecule has 0 radical (unpaired) electrons. The second-order valence-electron chi connectivity index (χ2n) is 5.75. The zero-order chi connectivity index (χ0) is 18.8. The number of hydrogen-bond acceptors (Lipinski definition) is 5. The Kier molecular flexibility index (Phi) is 4.53. The first-order valence-corrected chi connectivity index (χ1v) is 7.80. The minimum absolute atomic E-state index is 0.0166. The maximum absolute atomic E-state index is 12.7. The number of carbonyl (C=O) groups is 2. The van der Waals surface area contributed by atoms with Crippen LogP contribution < -0.4 is 14.4 Å². The van der Waals surface area contributed by atoms with Gasteiger partial charge >= 0.3 is 5.97 Å². The van der Waals surface area contributed by atoms with Gasteiger partial charge in [-0.2, -0.15) is 0 Å². The van der Waals surface area contributed by atoms with Gasteiger partial charge < -0.3 is 19.7 Å². The van der Waals surface area contributed by atoms with E-state index >= 15 is 0 Å². The molecule has 1 amide bonds. The van der Waals surface area contributed by atoms with E-state index in [1.807, 2.05) is 0 Å². The lowest BCUT2D eigenvalue weighted by Crippen LogP contribution is -2.40. The second-order valence-corrected chi connectivity index (χ2v) is 5.75. The first-order valence-electron chi connectivity index (χ1n) is 7.80. The number of aliphatic carboxylic acids is 1. The van der Waals surface area contributed by atoms with E-state index in [1.165, 1.54) is 13.2 Å². The van der Waals surface area contributed by atoms with Crippen LogP contribution in [0.5, 0.6) is 17.2 Å². The summed E-state index contributed by atoms with van der Waals surface area (Å²) in [5.41, 5.74) is 1.55. The van der Waals surface area contributed by atoms with Gasteiger partial charge in [-0.1, -0.05) is 12.1 Å². The Morgan fingerprint density at radius 1 is 1.31 bits per heavy atom. The number of methoxy groups -OCH3 is 1. The van der Waals surface area contributed by atoms with Gasteiger partial charge in [0.15, 0.2) is 23.0 Å². The average Bonchev–Trinajstić information content (AvgIpc) is 2.61. The van der Waals surface area contributed by atoms with Gasteiger partial charge in [0, 0.05) is 0 Å². The molecule has 0 bridgehead atoms. The van der Waals surface area contributed by atoms with Crippen LogP contribution in [0.15, 0.2) is 42.2 Å². The lowest BCUT2D eigenvalue weighted by molar-refractivity contribution is -0.136. The molecule has 0 spiro atoms. The molecule has 0 aliphatic carbocycles. The molecule has 1 aliphatic heterocycles. The van der Waals surface area contributed by atoms with Crippen molar-refractivity contribution in [2.24, 2.45) is 0 Å². The second kappa shape index (κ2) is 6.79. The van der Waals surface area contributed by atoms with Crippen molar-refractivity contribution in [3.05, 3.63) is 53.3 Å². The summed E-state index contributed by atoms with van der Waals surface area (Å²) >= 11 is 0. The first kappa shape index (κ1) is 17.3. The molecule has 1 heterocycles. The predicted octanol–water partition coefficient (Wildman–Crippen LogP) is 2.56. The molecule has 134 valence electrons. The van der Waals surface area contributed by atoms with Crippen molar-refractivity contribution in [3.8, 4) is 17.2 Å². The number of carboxylic acid groups (broad SMARTS) is 1. The summed E-state index contributed by atoms with van der Waals surface area (Å²) < 4.78 is 10.8. The largest absolute Gasteiger partial charge is 0.504 e. The Morgan fingerprint density at radius 2 is 2.04 bits per heavy atom. The van der Waals surface area contributed by atoms with Crippen molar-refractivity contribution in [1.29, 1.82) is 0 Å². The van der Waals surface area contributed by atoms with E-state index in [2.05, 4.69) is 0 Å². The molecule has 0 fully saturated rings. The smallest absolute Gasteiger partial charge is 0.323 e. The number of amides is 1. The van der Waals surface area contributed by atoms with Crippen molar-refractivity contribution in [2.75, 3.05) is 18.6 Å². The van der Waals surface area contributed by atoms with Crippen molar-refractivity contribution < 1.29 is 29.3 Å². The van der Waals surface area contributed by atoms with E-state index < -0.39 is 18.4 Å². The molecule has 3 rings (SSSR count). The number of aromatic hydroxyl groups is 1. The number of ether oxygens (including phenoxy) is 2. The molecule has 2 aromatic rings. The number of carbonyl (C=O) groups excluding carboxylic acids is 1. The van der Waals surface area contributed by atoms with Crippen LogP contribution in [-0.2, 0) is 9.59 Å². The summed E-state index contributed by atoms with van der Waals surface area (Å²) in [6, 6.07) is 9.96. The van der Waals surface area contributed by atoms with Crippen LogP contribution in [0.4, 0.5) is 5.69 Å². The van der Waals surface area contributed by atoms with Gasteiger partial charge in [0.1, 0.15) is 6.54 Å². The minimum atomic E-state index is -1.13. The molecule has 7 nitrogen and oxygen atoms in total. The molecular weight excluding hydrogens is 338 g/mol. The molecule has 0 aromatic heterocycles. The van der Waals surface area contributed by atoms with Crippen LogP contribution in [0.3, 0.4) is 0 Å². The standard InChI is InChI=1S/C19H17NO6/c1-11-7-12(8-15(25-2)18(11)23)9-16-19(24)20(10-17(21)22)13-5-3-4-6-14(13)26-16/h3-9,23H,10H2,1-2H3,(H,21,22). The summed E-state index contributed by atoms with van der Waals surface area (Å²) in [4.78, 5) is 25.0. The van der Waals surface area contributed by atoms with E-state index in [9.17, 15) is 14.7 Å². The maximum atomic E-state index is 12.7.